The smallest absolute Gasteiger partial charge is 0.125 e. The van der Waals surface area contributed by atoms with Crippen LogP contribution in [0.5, 0.6) is 0 Å². The maximum atomic E-state index is 10.4. The molecule has 0 bridgehead atoms. The number of nitrogens with two attached hydrogens (primary N) is 1. The molecule has 0 heterocycles. The third-order valence-corrected chi connectivity index (χ3v) is 2.83. The highest BCUT2D eigenvalue weighted by atomic mass is 16.5. The lowest BCUT2D eigenvalue weighted by atomic mass is 9.95. The molecule has 1 atom stereocenters. The predicted octanol–water partition coefficient (Wildman–Crippen LogP) is 1.90. The van der Waals surface area contributed by atoms with E-state index in [2.05, 4.69) is 13.8 Å². The minimum Gasteiger partial charge on any atom is -0.381 e. The quantitative estimate of drug-likeness (QED) is 0.712. The van der Waals surface area contributed by atoms with Crippen molar-refractivity contribution in [3.05, 3.63) is 35.9 Å². The average Bonchev–Trinajstić information content (AvgIpc) is 2.35. The summed E-state index contributed by atoms with van der Waals surface area (Å²) in [7, 11) is 0. The van der Waals surface area contributed by atoms with Crippen LogP contribution in [0.3, 0.4) is 0 Å². The Bertz CT molecular complexity index is 313. The van der Waals surface area contributed by atoms with E-state index in [0.717, 1.165) is 12.0 Å². The molecule has 3 N–H and O–H groups in total. The second kappa shape index (κ2) is 6.74. The molecule has 1 unspecified atom stereocenters. The summed E-state index contributed by atoms with van der Waals surface area (Å²) in [5, 5.41) is 10.4. The third-order valence-electron chi connectivity index (χ3n) is 2.83. The highest BCUT2D eigenvalue weighted by Gasteiger charge is 2.27. The van der Waals surface area contributed by atoms with E-state index in [0.29, 0.717) is 12.5 Å². The van der Waals surface area contributed by atoms with E-state index in [9.17, 15) is 5.11 Å². The van der Waals surface area contributed by atoms with Crippen LogP contribution in [-0.4, -0.2) is 24.9 Å². The number of rotatable bonds is 7. The van der Waals surface area contributed by atoms with Crippen LogP contribution in [-0.2, 0) is 10.3 Å². The predicted molar refractivity (Wildman–Crippen MR) is 69.7 cm³/mol. The van der Waals surface area contributed by atoms with Crippen LogP contribution >= 0.6 is 0 Å². The zero-order valence-electron chi connectivity index (χ0n) is 10.7. The molecule has 0 aromatic heterocycles. The van der Waals surface area contributed by atoms with Crippen LogP contribution in [0.4, 0.5) is 0 Å². The molecule has 3 nitrogen and oxygen atoms in total. The molecule has 17 heavy (non-hydrogen) atoms. The monoisotopic (exact) mass is 237 g/mol. The summed E-state index contributed by atoms with van der Waals surface area (Å²) >= 11 is 0. The first-order valence-electron chi connectivity index (χ1n) is 6.14. The van der Waals surface area contributed by atoms with Gasteiger partial charge in [0.2, 0.25) is 0 Å². The summed E-state index contributed by atoms with van der Waals surface area (Å²) in [6, 6.07) is 9.45. The van der Waals surface area contributed by atoms with Crippen molar-refractivity contribution in [2.45, 2.75) is 25.9 Å². The summed E-state index contributed by atoms with van der Waals surface area (Å²) in [4.78, 5) is 0. The molecule has 0 amide bonds. The van der Waals surface area contributed by atoms with Gasteiger partial charge >= 0.3 is 0 Å². The largest absolute Gasteiger partial charge is 0.381 e. The summed E-state index contributed by atoms with van der Waals surface area (Å²) in [6.07, 6.45) is 0.995. The first kappa shape index (κ1) is 14.2. The molecule has 0 saturated heterocycles. The molecule has 0 spiro atoms. The molecule has 1 rings (SSSR count). The fourth-order valence-corrected chi connectivity index (χ4v) is 1.57. The van der Waals surface area contributed by atoms with Crippen LogP contribution in [0.25, 0.3) is 0 Å². The lowest BCUT2D eigenvalue weighted by Crippen LogP contribution is -2.39. The van der Waals surface area contributed by atoms with Gasteiger partial charge in [-0.1, -0.05) is 44.2 Å². The molecule has 0 aliphatic rings. The summed E-state index contributed by atoms with van der Waals surface area (Å²) in [5.41, 5.74) is 5.39. The standard InChI is InChI=1S/C14H23NO2/c1-12(2)8-9-17-11-14(16,10-15)13-6-4-3-5-7-13/h3-7,12,16H,8-11,15H2,1-2H3. The van der Waals surface area contributed by atoms with Gasteiger partial charge < -0.3 is 15.6 Å². The van der Waals surface area contributed by atoms with Crippen molar-refractivity contribution in [2.24, 2.45) is 11.7 Å². The van der Waals surface area contributed by atoms with Gasteiger partial charge in [-0.05, 0) is 17.9 Å². The average molecular weight is 237 g/mol. The van der Waals surface area contributed by atoms with Crippen LogP contribution in [0.15, 0.2) is 30.3 Å². The van der Waals surface area contributed by atoms with Crippen LogP contribution in [0.2, 0.25) is 0 Å². The maximum Gasteiger partial charge on any atom is 0.125 e. The minimum atomic E-state index is -1.07. The molecule has 1 aromatic carbocycles. The van der Waals surface area contributed by atoms with Crippen molar-refractivity contribution in [1.82, 2.24) is 0 Å². The van der Waals surface area contributed by atoms with Gasteiger partial charge in [0.25, 0.3) is 0 Å². The third kappa shape index (κ3) is 4.46. The Kier molecular flexibility index (Phi) is 5.62. The molecule has 0 radical (unpaired) electrons. The zero-order chi connectivity index (χ0) is 12.7. The molecule has 3 heteroatoms. The molecule has 96 valence electrons. The number of benzene rings is 1. The Morgan fingerprint density at radius 1 is 1.29 bits per heavy atom. The van der Waals surface area contributed by atoms with E-state index in [-0.39, 0.29) is 13.2 Å². The Morgan fingerprint density at radius 2 is 1.94 bits per heavy atom. The number of hydrogen-bond acceptors (Lipinski definition) is 3. The van der Waals surface area contributed by atoms with Crippen molar-refractivity contribution >= 4 is 0 Å². The van der Waals surface area contributed by atoms with E-state index in [1.54, 1.807) is 0 Å². The van der Waals surface area contributed by atoms with Gasteiger partial charge in [-0.25, -0.2) is 0 Å². The SMILES string of the molecule is CC(C)CCOCC(O)(CN)c1ccccc1. The summed E-state index contributed by atoms with van der Waals surface area (Å²) in [5.74, 6) is 0.609. The van der Waals surface area contributed by atoms with E-state index >= 15 is 0 Å². The Morgan fingerprint density at radius 3 is 2.47 bits per heavy atom. The first-order chi connectivity index (χ1) is 8.08. The van der Waals surface area contributed by atoms with Gasteiger partial charge in [0.15, 0.2) is 0 Å². The zero-order valence-corrected chi connectivity index (χ0v) is 10.7. The van der Waals surface area contributed by atoms with E-state index in [1.807, 2.05) is 30.3 Å². The molecule has 0 aliphatic carbocycles. The molecule has 0 aliphatic heterocycles. The summed E-state index contributed by atoms with van der Waals surface area (Å²) < 4.78 is 5.52. The number of hydrogen-bond donors (Lipinski definition) is 2. The van der Waals surface area contributed by atoms with E-state index in [4.69, 9.17) is 10.5 Å². The van der Waals surface area contributed by atoms with Gasteiger partial charge in [-0.2, -0.15) is 0 Å². The van der Waals surface area contributed by atoms with Crippen LogP contribution in [0, 0.1) is 5.92 Å². The molecular formula is C14H23NO2. The Balaban J connectivity index is 2.52. The van der Waals surface area contributed by atoms with Crippen LogP contribution < -0.4 is 5.73 Å². The highest BCUT2D eigenvalue weighted by Crippen LogP contribution is 2.20. The van der Waals surface area contributed by atoms with Crippen molar-refractivity contribution in [3.63, 3.8) is 0 Å². The fraction of sp³-hybridized carbons (Fsp3) is 0.571. The highest BCUT2D eigenvalue weighted by molar-refractivity contribution is 5.22. The van der Waals surface area contributed by atoms with Gasteiger partial charge in [-0.15, -0.1) is 0 Å². The van der Waals surface area contributed by atoms with Gasteiger partial charge in [0.05, 0.1) is 6.61 Å². The molecule has 0 fully saturated rings. The van der Waals surface area contributed by atoms with Gasteiger partial charge in [0.1, 0.15) is 5.60 Å². The first-order valence-corrected chi connectivity index (χ1v) is 6.14. The number of ether oxygens (including phenoxy) is 1. The Hall–Kier alpha value is -0.900. The fourth-order valence-electron chi connectivity index (χ4n) is 1.57. The minimum absolute atomic E-state index is 0.165. The van der Waals surface area contributed by atoms with Crippen LogP contribution in [0.1, 0.15) is 25.8 Å². The second-order valence-corrected chi connectivity index (χ2v) is 4.84. The van der Waals surface area contributed by atoms with E-state index in [1.165, 1.54) is 0 Å². The van der Waals surface area contributed by atoms with Gasteiger partial charge in [0, 0.05) is 13.2 Å². The molecule has 0 saturated carbocycles. The number of aliphatic hydroxyl groups is 1. The molecular weight excluding hydrogens is 214 g/mol. The second-order valence-electron chi connectivity index (χ2n) is 4.84. The van der Waals surface area contributed by atoms with Crippen molar-refractivity contribution in [3.8, 4) is 0 Å². The van der Waals surface area contributed by atoms with Crippen molar-refractivity contribution in [1.29, 1.82) is 0 Å². The lowest BCUT2D eigenvalue weighted by Gasteiger charge is -2.27. The summed E-state index contributed by atoms with van der Waals surface area (Å²) in [6.45, 7) is 5.37. The normalized spacial score (nSPS) is 14.9. The lowest BCUT2D eigenvalue weighted by molar-refractivity contribution is -0.0464. The Labute approximate surface area is 104 Å². The van der Waals surface area contributed by atoms with E-state index < -0.39 is 5.60 Å². The topological polar surface area (TPSA) is 55.5 Å². The molecule has 1 aromatic rings. The van der Waals surface area contributed by atoms with Gasteiger partial charge in [-0.3, -0.25) is 0 Å². The van der Waals surface area contributed by atoms with Crippen molar-refractivity contribution < 1.29 is 9.84 Å². The maximum absolute atomic E-state index is 10.4. The van der Waals surface area contributed by atoms with Crippen molar-refractivity contribution in [2.75, 3.05) is 19.8 Å².